The lowest BCUT2D eigenvalue weighted by Gasteiger charge is -2.13. The first-order valence-corrected chi connectivity index (χ1v) is 6.92. The molecule has 1 amide bonds. The van der Waals surface area contributed by atoms with Crippen LogP contribution in [0, 0.1) is 0 Å². The molecule has 1 atom stereocenters. The fraction of sp³-hybridized carbons (Fsp3) is 0.571. The number of carbonyl (C=O) groups is 1. The number of hydrogen-bond donors (Lipinski definition) is 1. The second-order valence-corrected chi connectivity index (χ2v) is 4.97. The molecule has 1 unspecified atom stereocenters. The normalized spacial score (nSPS) is 12.2. The van der Waals surface area contributed by atoms with Gasteiger partial charge in [-0.2, -0.15) is 0 Å². The van der Waals surface area contributed by atoms with Gasteiger partial charge in [0.15, 0.2) is 0 Å². The van der Waals surface area contributed by atoms with E-state index in [9.17, 15) is 4.79 Å². The minimum absolute atomic E-state index is 0.0717. The zero-order valence-electron chi connectivity index (χ0n) is 11.3. The third kappa shape index (κ3) is 4.65. The van der Waals surface area contributed by atoms with E-state index in [1.807, 2.05) is 13.0 Å². The molecule has 1 aromatic heterocycles. The van der Waals surface area contributed by atoms with Crippen LogP contribution in [0.1, 0.15) is 56.1 Å². The molecular weight excluding hydrogens is 248 g/mol. The number of halogens is 1. The average molecular weight is 269 g/mol. The molecule has 0 saturated heterocycles. The van der Waals surface area contributed by atoms with Gasteiger partial charge >= 0.3 is 0 Å². The summed E-state index contributed by atoms with van der Waals surface area (Å²) in [6.45, 7) is 6.19. The Morgan fingerprint density at radius 3 is 2.72 bits per heavy atom. The standard InChI is InChI=1S/C14H21ClN2O/c1-4-6-10(3)16-14(18)11-8-12(7-5-2)17-13(15)9-11/h8-10H,4-7H2,1-3H3,(H,16,18). The Labute approximate surface area is 114 Å². The molecular formula is C14H21ClN2O. The number of nitrogens with one attached hydrogen (secondary N) is 1. The molecule has 0 fully saturated rings. The van der Waals surface area contributed by atoms with Crippen molar-refractivity contribution in [2.75, 3.05) is 0 Å². The molecule has 0 radical (unpaired) electrons. The highest BCUT2D eigenvalue weighted by atomic mass is 35.5. The lowest BCUT2D eigenvalue weighted by molar-refractivity contribution is 0.0938. The summed E-state index contributed by atoms with van der Waals surface area (Å²) in [6.07, 6.45) is 3.86. The first-order valence-electron chi connectivity index (χ1n) is 6.54. The van der Waals surface area contributed by atoms with Gasteiger partial charge in [-0.25, -0.2) is 4.98 Å². The van der Waals surface area contributed by atoms with Crippen LogP contribution < -0.4 is 5.32 Å². The summed E-state index contributed by atoms with van der Waals surface area (Å²) >= 11 is 5.94. The third-order valence-corrected chi connectivity index (χ3v) is 2.91. The van der Waals surface area contributed by atoms with Crippen molar-refractivity contribution in [3.8, 4) is 0 Å². The lowest BCUT2D eigenvalue weighted by Crippen LogP contribution is -2.32. The van der Waals surface area contributed by atoms with E-state index in [0.717, 1.165) is 31.4 Å². The van der Waals surface area contributed by atoms with Gasteiger partial charge in [0.2, 0.25) is 0 Å². The molecule has 0 aliphatic carbocycles. The molecule has 3 nitrogen and oxygen atoms in total. The number of aryl methyl sites for hydroxylation is 1. The number of pyridine rings is 1. The molecule has 0 aromatic carbocycles. The van der Waals surface area contributed by atoms with Crippen molar-refractivity contribution in [1.82, 2.24) is 10.3 Å². The van der Waals surface area contributed by atoms with Crippen molar-refractivity contribution in [2.24, 2.45) is 0 Å². The average Bonchev–Trinajstić information content (AvgIpc) is 2.28. The smallest absolute Gasteiger partial charge is 0.251 e. The zero-order chi connectivity index (χ0) is 13.5. The van der Waals surface area contributed by atoms with Gasteiger partial charge in [0.05, 0.1) is 0 Å². The fourth-order valence-electron chi connectivity index (χ4n) is 1.88. The summed E-state index contributed by atoms with van der Waals surface area (Å²) in [7, 11) is 0. The van der Waals surface area contributed by atoms with Gasteiger partial charge < -0.3 is 5.32 Å². The van der Waals surface area contributed by atoms with Gasteiger partial charge in [0, 0.05) is 17.3 Å². The van der Waals surface area contributed by atoms with E-state index in [1.165, 1.54) is 0 Å². The molecule has 0 spiro atoms. The van der Waals surface area contributed by atoms with Crippen LogP contribution in [0.5, 0.6) is 0 Å². The maximum Gasteiger partial charge on any atom is 0.251 e. The van der Waals surface area contributed by atoms with Crippen LogP contribution in [0.25, 0.3) is 0 Å². The highest BCUT2D eigenvalue weighted by molar-refractivity contribution is 6.29. The Hall–Kier alpha value is -1.09. The Balaban J connectivity index is 2.78. The first kappa shape index (κ1) is 15.0. The Morgan fingerprint density at radius 2 is 2.11 bits per heavy atom. The number of nitrogens with zero attached hydrogens (tertiary/aromatic N) is 1. The summed E-state index contributed by atoms with van der Waals surface area (Å²) in [6, 6.07) is 3.63. The van der Waals surface area contributed by atoms with Gasteiger partial charge in [0.25, 0.3) is 5.91 Å². The van der Waals surface area contributed by atoms with Crippen molar-refractivity contribution in [3.63, 3.8) is 0 Å². The molecule has 0 aliphatic rings. The van der Waals surface area contributed by atoms with Crippen LogP contribution >= 0.6 is 11.6 Å². The number of amides is 1. The molecule has 18 heavy (non-hydrogen) atoms. The molecule has 100 valence electrons. The van der Waals surface area contributed by atoms with Crippen molar-refractivity contribution >= 4 is 17.5 Å². The predicted octanol–water partition coefficient (Wildman–Crippen LogP) is 3.61. The molecule has 1 aromatic rings. The van der Waals surface area contributed by atoms with Gasteiger partial charge in [-0.3, -0.25) is 4.79 Å². The van der Waals surface area contributed by atoms with E-state index in [4.69, 9.17) is 11.6 Å². The summed E-state index contributed by atoms with van der Waals surface area (Å²) in [5, 5.41) is 3.35. The summed E-state index contributed by atoms with van der Waals surface area (Å²) in [5.41, 5.74) is 1.47. The minimum atomic E-state index is -0.0717. The van der Waals surface area contributed by atoms with E-state index < -0.39 is 0 Å². The Morgan fingerprint density at radius 1 is 1.39 bits per heavy atom. The second-order valence-electron chi connectivity index (χ2n) is 4.58. The number of rotatable bonds is 6. The van der Waals surface area contributed by atoms with E-state index >= 15 is 0 Å². The van der Waals surface area contributed by atoms with E-state index in [1.54, 1.807) is 6.07 Å². The molecule has 1 rings (SSSR count). The maximum absolute atomic E-state index is 12.0. The summed E-state index contributed by atoms with van der Waals surface area (Å²) < 4.78 is 0. The van der Waals surface area contributed by atoms with Crippen LogP contribution in [0.4, 0.5) is 0 Å². The Kier molecular flexibility index (Phi) is 6.13. The van der Waals surface area contributed by atoms with Crippen LogP contribution in [0.15, 0.2) is 12.1 Å². The predicted molar refractivity (Wildman–Crippen MR) is 75.1 cm³/mol. The van der Waals surface area contributed by atoms with Crippen molar-refractivity contribution in [3.05, 3.63) is 28.5 Å². The SMILES string of the molecule is CCCc1cc(C(=O)NC(C)CCC)cc(Cl)n1. The van der Waals surface area contributed by atoms with E-state index in [0.29, 0.717) is 10.7 Å². The molecule has 0 bridgehead atoms. The topological polar surface area (TPSA) is 42.0 Å². The Bertz CT molecular complexity index is 407. The molecule has 1 heterocycles. The molecule has 0 saturated carbocycles. The fourth-order valence-corrected chi connectivity index (χ4v) is 2.10. The zero-order valence-corrected chi connectivity index (χ0v) is 12.0. The van der Waals surface area contributed by atoms with Gasteiger partial charge in [-0.15, -0.1) is 0 Å². The first-order chi connectivity index (χ1) is 8.56. The summed E-state index contributed by atoms with van der Waals surface area (Å²) in [4.78, 5) is 16.2. The molecule has 1 N–H and O–H groups in total. The van der Waals surface area contributed by atoms with Crippen molar-refractivity contribution in [1.29, 1.82) is 0 Å². The second kappa shape index (κ2) is 7.37. The van der Waals surface area contributed by atoms with Crippen LogP contribution in [-0.4, -0.2) is 16.9 Å². The number of carbonyl (C=O) groups excluding carboxylic acids is 1. The highest BCUT2D eigenvalue weighted by Crippen LogP contribution is 2.13. The quantitative estimate of drug-likeness (QED) is 0.801. The van der Waals surface area contributed by atoms with E-state index in [2.05, 4.69) is 24.1 Å². The van der Waals surface area contributed by atoms with E-state index in [-0.39, 0.29) is 11.9 Å². The maximum atomic E-state index is 12.0. The molecule has 4 heteroatoms. The van der Waals surface area contributed by atoms with Crippen LogP contribution in [-0.2, 0) is 6.42 Å². The highest BCUT2D eigenvalue weighted by Gasteiger charge is 2.11. The summed E-state index contributed by atoms with van der Waals surface area (Å²) in [5.74, 6) is -0.0717. The third-order valence-electron chi connectivity index (χ3n) is 2.71. The molecule has 0 aliphatic heterocycles. The van der Waals surface area contributed by atoms with Gasteiger partial charge in [-0.1, -0.05) is 38.3 Å². The van der Waals surface area contributed by atoms with Crippen molar-refractivity contribution in [2.45, 2.75) is 52.5 Å². The van der Waals surface area contributed by atoms with Crippen LogP contribution in [0.3, 0.4) is 0 Å². The monoisotopic (exact) mass is 268 g/mol. The van der Waals surface area contributed by atoms with Gasteiger partial charge in [0.1, 0.15) is 5.15 Å². The van der Waals surface area contributed by atoms with Crippen molar-refractivity contribution < 1.29 is 4.79 Å². The lowest BCUT2D eigenvalue weighted by atomic mass is 10.1. The minimum Gasteiger partial charge on any atom is -0.350 e. The number of hydrogen-bond acceptors (Lipinski definition) is 2. The van der Waals surface area contributed by atoms with Crippen LogP contribution in [0.2, 0.25) is 5.15 Å². The largest absolute Gasteiger partial charge is 0.350 e. The number of aromatic nitrogens is 1. The van der Waals surface area contributed by atoms with Gasteiger partial charge in [-0.05, 0) is 31.9 Å².